The number of methoxy groups -OCH3 is 2. The first-order valence-corrected chi connectivity index (χ1v) is 7.47. The number of carbonyl (C=O) groups excluding carboxylic acids is 1. The molecule has 0 saturated heterocycles. The quantitative estimate of drug-likeness (QED) is 0.798. The summed E-state index contributed by atoms with van der Waals surface area (Å²) in [6.07, 6.45) is 1.10. The second-order valence-corrected chi connectivity index (χ2v) is 6.34. The van der Waals surface area contributed by atoms with Crippen LogP contribution in [0.1, 0.15) is 25.8 Å². The number of ether oxygens (including phenoxy) is 2. The molecule has 0 aliphatic heterocycles. The zero-order valence-electron chi connectivity index (χ0n) is 14.3. The zero-order chi connectivity index (χ0) is 16.8. The normalized spacial score (nSPS) is 11.2. The minimum atomic E-state index is -0.0659. The van der Waals surface area contributed by atoms with E-state index in [1.54, 1.807) is 19.1 Å². The van der Waals surface area contributed by atoms with Crippen molar-refractivity contribution >= 4 is 5.91 Å². The number of benzene rings is 1. The van der Waals surface area contributed by atoms with Crippen LogP contribution in [0.25, 0.3) is 0 Å². The van der Waals surface area contributed by atoms with Crippen LogP contribution in [0.15, 0.2) is 18.2 Å². The van der Waals surface area contributed by atoms with Gasteiger partial charge in [0.05, 0.1) is 14.2 Å². The van der Waals surface area contributed by atoms with Gasteiger partial charge < -0.3 is 20.1 Å². The molecule has 1 aromatic carbocycles. The Morgan fingerprint density at radius 3 is 2.18 bits per heavy atom. The van der Waals surface area contributed by atoms with E-state index in [4.69, 9.17) is 15.2 Å². The highest BCUT2D eigenvalue weighted by Crippen LogP contribution is 2.23. The summed E-state index contributed by atoms with van der Waals surface area (Å²) in [6.45, 7) is 5.33. The Hall–Kier alpha value is -1.75. The molecule has 1 rings (SSSR count). The van der Waals surface area contributed by atoms with Crippen LogP contribution in [-0.2, 0) is 11.2 Å². The van der Waals surface area contributed by atoms with Crippen molar-refractivity contribution in [1.29, 1.82) is 0 Å². The van der Waals surface area contributed by atoms with Crippen molar-refractivity contribution in [2.45, 2.75) is 26.7 Å². The van der Waals surface area contributed by atoms with Gasteiger partial charge in [0.2, 0.25) is 5.91 Å². The van der Waals surface area contributed by atoms with Gasteiger partial charge in [0, 0.05) is 26.1 Å². The van der Waals surface area contributed by atoms with Crippen LogP contribution in [0, 0.1) is 5.41 Å². The monoisotopic (exact) mass is 308 g/mol. The van der Waals surface area contributed by atoms with Gasteiger partial charge in [-0.05, 0) is 36.1 Å². The average molecular weight is 308 g/mol. The van der Waals surface area contributed by atoms with Gasteiger partial charge in [0.25, 0.3) is 0 Å². The summed E-state index contributed by atoms with van der Waals surface area (Å²) < 4.78 is 10.5. The molecule has 22 heavy (non-hydrogen) atoms. The van der Waals surface area contributed by atoms with Crippen LogP contribution in [0.3, 0.4) is 0 Å². The van der Waals surface area contributed by atoms with Gasteiger partial charge in [0.15, 0.2) is 0 Å². The fraction of sp³-hybridized carbons (Fsp3) is 0.588. The standard InChI is InChI=1S/C17H28N2O3/c1-17(2,11-18)12-19(3)16(20)7-6-13-8-14(21-4)10-15(9-13)22-5/h8-10H,6-7,11-12,18H2,1-5H3. The Morgan fingerprint density at radius 1 is 1.18 bits per heavy atom. The average Bonchev–Trinajstić information content (AvgIpc) is 2.51. The summed E-state index contributed by atoms with van der Waals surface area (Å²) in [5, 5.41) is 0. The van der Waals surface area contributed by atoms with E-state index in [1.807, 2.05) is 25.2 Å². The van der Waals surface area contributed by atoms with Gasteiger partial charge in [0.1, 0.15) is 11.5 Å². The molecule has 5 heteroatoms. The first-order valence-electron chi connectivity index (χ1n) is 7.47. The molecule has 0 heterocycles. The fourth-order valence-corrected chi connectivity index (χ4v) is 2.25. The molecule has 0 aromatic heterocycles. The molecule has 0 radical (unpaired) electrons. The number of hydrogen-bond acceptors (Lipinski definition) is 4. The molecule has 1 amide bonds. The van der Waals surface area contributed by atoms with Gasteiger partial charge in [-0.2, -0.15) is 0 Å². The van der Waals surface area contributed by atoms with Crippen molar-refractivity contribution in [3.05, 3.63) is 23.8 Å². The predicted octanol–water partition coefficient (Wildman–Crippen LogP) is 2.08. The maximum atomic E-state index is 12.2. The van der Waals surface area contributed by atoms with E-state index in [-0.39, 0.29) is 11.3 Å². The summed E-state index contributed by atoms with van der Waals surface area (Å²) >= 11 is 0. The molecule has 2 N–H and O–H groups in total. The summed E-state index contributed by atoms with van der Waals surface area (Å²) in [4.78, 5) is 14.0. The maximum absolute atomic E-state index is 12.2. The Morgan fingerprint density at radius 2 is 1.73 bits per heavy atom. The molecule has 0 aliphatic carbocycles. The molecule has 0 fully saturated rings. The Bertz CT molecular complexity index is 478. The molecular formula is C17H28N2O3. The molecule has 0 atom stereocenters. The highest BCUT2D eigenvalue weighted by molar-refractivity contribution is 5.76. The highest BCUT2D eigenvalue weighted by Gasteiger charge is 2.21. The number of amides is 1. The minimum absolute atomic E-state index is 0.0659. The molecule has 0 saturated carbocycles. The fourth-order valence-electron chi connectivity index (χ4n) is 2.25. The molecular weight excluding hydrogens is 280 g/mol. The second-order valence-electron chi connectivity index (χ2n) is 6.34. The van der Waals surface area contributed by atoms with Crippen LogP contribution in [0.2, 0.25) is 0 Å². The second kappa shape index (κ2) is 8.03. The lowest BCUT2D eigenvalue weighted by molar-refractivity contribution is -0.131. The van der Waals surface area contributed by atoms with E-state index in [0.29, 0.717) is 25.9 Å². The van der Waals surface area contributed by atoms with Gasteiger partial charge in [-0.1, -0.05) is 13.8 Å². The lowest BCUT2D eigenvalue weighted by Crippen LogP contribution is -2.39. The molecule has 1 aromatic rings. The molecule has 5 nitrogen and oxygen atoms in total. The zero-order valence-corrected chi connectivity index (χ0v) is 14.3. The Balaban J connectivity index is 2.63. The van der Waals surface area contributed by atoms with E-state index < -0.39 is 0 Å². The summed E-state index contributed by atoms with van der Waals surface area (Å²) in [7, 11) is 5.06. The van der Waals surface area contributed by atoms with E-state index >= 15 is 0 Å². The van der Waals surface area contributed by atoms with Gasteiger partial charge in [-0.15, -0.1) is 0 Å². The molecule has 0 spiro atoms. The van der Waals surface area contributed by atoms with Crippen LogP contribution in [0.4, 0.5) is 0 Å². The van der Waals surface area contributed by atoms with E-state index in [1.165, 1.54) is 0 Å². The van der Waals surface area contributed by atoms with Gasteiger partial charge >= 0.3 is 0 Å². The van der Waals surface area contributed by atoms with E-state index in [0.717, 1.165) is 17.1 Å². The van der Waals surface area contributed by atoms with Crippen molar-refractivity contribution in [3.8, 4) is 11.5 Å². The number of nitrogens with zero attached hydrogens (tertiary/aromatic N) is 1. The van der Waals surface area contributed by atoms with Crippen molar-refractivity contribution in [2.24, 2.45) is 11.1 Å². The summed E-state index contributed by atoms with van der Waals surface area (Å²) in [5.41, 5.74) is 6.68. The first-order chi connectivity index (χ1) is 10.3. The third-order valence-corrected chi connectivity index (χ3v) is 3.68. The summed E-state index contributed by atoms with van der Waals surface area (Å²) in [6, 6.07) is 5.68. The molecule has 124 valence electrons. The highest BCUT2D eigenvalue weighted by atomic mass is 16.5. The van der Waals surface area contributed by atoms with E-state index in [9.17, 15) is 4.79 Å². The molecule has 0 aliphatic rings. The molecule has 0 bridgehead atoms. The van der Waals surface area contributed by atoms with Crippen LogP contribution >= 0.6 is 0 Å². The topological polar surface area (TPSA) is 64.8 Å². The van der Waals surface area contributed by atoms with Crippen LogP contribution in [-0.4, -0.2) is 45.2 Å². The Kier molecular flexibility index (Phi) is 6.68. The number of hydrogen-bond donors (Lipinski definition) is 1. The van der Waals surface area contributed by atoms with Gasteiger partial charge in [-0.3, -0.25) is 4.79 Å². The number of carbonyl (C=O) groups is 1. The lowest BCUT2D eigenvalue weighted by atomic mass is 9.93. The SMILES string of the molecule is COc1cc(CCC(=O)N(C)CC(C)(C)CN)cc(OC)c1. The number of nitrogens with two attached hydrogens (primary N) is 1. The van der Waals surface area contributed by atoms with Crippen molar-refractivity contribution in [3.63, 3.8) is 0 Å². The lowest BCUT2D eigenvalue weighted by Gasteiger charge is -2.29. The van der Waals surface area contributed by atoms with Gasteiger partial charge in [-0.25, -0.2) is 0 Å². The minimum Gasteiger partial charge on any atom is -0.497 e. The van der Waals surface area contributed by atoms with Crippen LogP contribution < -0.4 is 15.2 Å². The van der Waals surface area contributed by atoms with Crippen molar-refractivity contribution in [1.82, 2.24) is 4.90 Å². The molecule has 0 unspecified atom stereocenters. The van der Waals surface area contributed by atoms with Crippen molar-refractivity contribution < 1.29 is 14.3 Å². The maximum Gasteiger partial charge on any atom is 0.222 e. The smallest absolute Gasteiger partial charge is 0.222 e. The third kappa shape index (κ3) is 5.56. The Labute approximate surface area is 133 Å². The van der Waals surface area contributed by atoms with E-state index in [2.05, 4.69) is 13.8 Å². The third-order valence-electron chi connectivity index (χ3n) is 3.68. The predicted molar refractivity (Wildman–Crippen MR) is 88.3 cm³/mol. The largest absolute Gasteiger partial charge is 0.497 e. The number of aryl methyl sites for hydroxylation is 1. The number of rotatable bonds is 8. The first kappa shape index (κ1) is 18.3. The summed E-state index contributed by atoms with van der Waals surface area (Å²) in [5.74, 6) is 1.59. The van der Waals surface area contributed by atoms with Crippen LogP contribution in [0.5, 0.6) is 11.5 Å². The van der Waals surface area contributed by atoms with Crippen molar-refractivity contribution in [2.75, 3.05) is 34.4 Å².